The van der Waals surface area contributed by atoms with Crippen LogP contribution in [-0.2, 0) is 14.3 Å². The lowest BCUT2D eigenvalue weighted by Gasteiger charge is -2.22. The van der Waals surface area contributed by atoms with Crippen molar-refractivity contribution in [2.45, 2.75) is 123 Å². The Kier molecular flexibility index (Phi) is 19.2. The van der Waals surface area contributed by atoms with Crippen LogP contribution in [0, 0.1) is 0 Å². The van der Waals surface area contributed by atoms with Gasteiger partial charge in [-0.2, -0.15) is 0 Å². The van der Waals surface area contributed by atoms with E-state index in [1.807, 2.05) is 0 Å². The van der Waals surface area contributed by atoms with Gasteiger partial charge in [-0.15, -0.1) is 0 Å². The molecule has 0 spiro atoms. The van der Waals surface area contributed by atoms with Crippen LogP contribution >= 0.6 is 0 Å². The number of hydrogen-bond donors (Lipinski definition) is 0. The van der Waals surface area contributed by atoms with Crippen LogP contribution in [0.15, 0.2) is 0 Å². The zero-order chi connectivity index (χ0) is 21.7. The predicted octanol–water partition coefficient (Wildman–Crippen LogP) is 6.88. The third-order valence-corrected chi connectivity index (χ3v) is 5.43. The second kappa shape index (κ2) is 20.0. The van der Waals surface area contributed by atoms with Crippen LogP contribution in [0.4, 0.5) is 4.79 Å². The van der Waals surface area contributed by atoms with Gasteiger partial charge in [0.05, 0.1) is 13.2 Å². The Labute approximate surface area is 179 Å². The summed E-state index contributed by atoms with van der Waals surface area (Å²) >= 11 is 0. The van der Waals surface area contributed by atoms with Crippen LogP contribution in [-0.4, -0.2) is 43.3 Å². The summed E-state index contributed by atoms with van der Waals surface area (Å²) in [6.07, 6.45) is 17.7. The van der Waals surface area contributed by atoms with Gasteiger partial charge < -0.3 is 9.47 Å². The maximum atomic E-state index is 12.1. The zero-order valence-corrected chi connectivity index (χ0v) is 19.7. The highest BCUT2D eigenvalue weighted by Crippen LogP contribution is 2.11. The van der Waals surface area contributed by atoms with Gasteiger partial charge >= 0.3 is 12.1 Å². The first-order valence-electron chi connectivity index (χ1n) is 12.1. The number of amides is 1. The molecule has 0 aliphatic rings. The average Bonchev–Trinajstić information content (AvgIpc) is 2.72. The first-order valence-corrected chi connectivity index (χ1v) is 12.1. The minimum atomic E-state index is -0.620. The quantitative estimate of drug-likeness (QED) is 0.171. The highest BCUT2D eigenvalue weighted by atomic mass is 16.6. The standard InChI is InChI=1S/C24H47NO4/c1-5-7-9-11-12-13-14-15-16-17-19-20-28-23(26)22(3)25(4)24(27)29-21-18-10-8-6-2/h22H,5-21H2,1-4H3. The SMILES string of the molecule is CCCCCCCCCCCCCOC(=O)C(C)N(C)C(=O)OCCCCCC. The maximum absolute atomic E-state index is 12.1. The molecule has 0 aromatic rings. The number of nitrogens with zero attached hydrogens (tertiary/aromatic N) is 1. The molecule has 172 valence electrons. The lowest BCUT2D eigenvalue weighted by Crippen LogP contribution is -2.41. The molecule has 5 nitrogen and oxygen atoms in total. The topological polar surface area (TPSA) is 55.8 Å². The van der Waals surface area contributed by atoms with Crippen LogP contribution in [0.5, 0.6) is 0 Å². The van der Waals surface area contributed by atoms with Gasteiger partial charge in [-0.1, -0.05) is 97.3 Å². The Bertz CT molecular complexity index is 400. The molecule has 0 saturated heterocycles. The molecule has 1 amide bonds. The van der Waals surface area contributed by atoms with E-state index in [1.165, 1.54) is 62.7 Å². The third-order valence-electron chi connectivity index (χ3n) is 5.43. The van der Waals surface area contributed by atoms with E-state index in [4.69, 9.17) is 9.47 Å². The number of unbranched alkanes of at least 4 members (excludes halogenated alkanes) is 13. The van der Waals surface area contributed by atoms with Gasteiger partial charge in [-0.05, 0) is 19.8 Å². The highest BCUT2D eigenvalue weighted by Gasteiger charge is 2.24. The molecular formula is C24H47NO4. The van der Waals surface area contributed by atoms with Crippen molar-refractivity contribution in [1.82, 2.24) is 4.90 Å². The van der Waals surface area contributed by atoms with E-state index < -0.39 is 12.1 Å². The van der Waals surface area contributed by atoms with Crippen molar-refractivity contribution >= 4 is 12.1 Å². The summed E-state index contributed by atoms with van der Waals surface area (Å²) in [5.74, 6) is -0.359. The molecule has 0 rings (SSSR count). The monoisotopic (exact) mass is 413 g/mol. The fourth-order valence-electron chi connectivity index (χ4n) is 3.17. The van der Waals surface area contributed by atoms with Crippen molar-refractivity contribution in [3.8, 4) is 0 Å². The van der Waals surface area contributed by atoms with Gasteiger partial charge in [0.15, 0.2) is 0 Å². The predicted molar refractivity (Wildman–Crippen MR) is 120 cm³/mol. The van der Waals surface area contributed by atoms with Crippen LogP contribution in [0.1, 0.15) is 117 Å². The van der Waals surface area contributed by atoms with Crippen molar-refractivity contribution in [2.24, 2.45) is 0 Å². The molecule has 0 bridgehead atoms. The van der Waals surface area contributed by atoms with Gasteiger partial charge in [0, 0.05) is 7.05 Å². The second-order valence-electron chi connectivity index (χ2n) is 8.16. The largest absolute Gasteiger partial charge is 0.464 e. The fourth-order valence-corrected chi connectivity index (χ4v) is 3.17. The fraction of sp³-hybridized carbons (Fsp3) is 0.917. The van der Waals surface area contributed by atoms with Crippen LogP contribution in [0.2, 0.25) is 0 Å². The highest BCUT2D eigenvalue weighted by molar-refractivity contribution is 5.80. The van der Waals surface area contributed by atoms with Gasteiger partial charge in [-0.3, -0.25) is 4.90 Å². The Morgan fingerprint density at radius 3 is 1.52 bits per heavy atom. The van der Waals surface area contributed by atoms with Crippen LogP contribution in [0.25, 0.3) is 0 Å². The number of esters is 1. The molecule has 1 unspecified atom stereocenters. The molecule has 0 aromatic heterocycles. The average molecular weight is 414 g/mol. The number of carbonyl (C=O) groups is 2. The Morgan fingerprint density at radius 1 is 0.655 bits per heavy atom. The third kappa shape index (κ3) is 16.2. The zero-order valence-electron chi connectivity index (χ0n) is 19.7. The van der Waals surface area contributed by atoms with Gasteiger partial charge in [0.25, 0.3) is 0 Å². The normalized spacial score (nSPS) is 11.9. The van der Waals surface area contributed by atoms with Crippen LogP contribution < -0.4 is 0 Å². The van der Waals surface area contributed by atoms with E-state index in [0.717, 1.165) is 38.5 Å². The minimum absolute atomic E-state index is 0.359. The summed E-state index contributed by atoms with van der Waals surface area (Å²) in [6, 6.07) is -0.620. The van der Waals surface area contributed by atoms with Crippen molar-refractivity contribution in [2.75, 3.05) is 20.3 Å². The molecular weight excluding hydrogens is 366 g/mol. The second-order valence-corrected chi connectivity index (χ2v) is 8.16. The minimum Gasteiger partial charge on any atom is -0.464 e. The molecule has 0 fully saturated rings. The summed E-state index contributed by atoms with van der Waals surface area (Å²) in [6.45, 7) is 6.91. The van der Waals surface area contributed by atoms with Gasteiger partial charge in [-0.25, -0.2) is 9.59 Å². The van der Waals surface area contributed by atoms with E-state index >= 15 is 0 Å². The molecule has 0 N–H and O–H groups in total. The van der Waals surface area contributed by atoms with E-state index in [0.29, 0.717) is 13.2 Å². The number of likely N-dealkylation sites (N-methyl/N-ethyl adjacent to an activating group) is 1. The van der Waals surface area contributed by atoms with E-state index in [-0.39, 0.29) is 5.97 Å². The van der Waals surface area contributed by atoms with Crippen molar-refractivity contribution in [3.63, 3.8) is 0 Å². The first kappa shape index (κ1) is 27.7. The van der Waals surface area contributed by atoms with E-state index in [2.05, 4.69) is 13.8 Å². The number of carbonyl (C=O) groups excluding carboxylic acids is 2. The van der Waals surface area contributed by atoms with Gasteiger partial charge in [0.1, 0.15) is 6.04 Å². The molecule has 29 heavy (non-hydrogen) atoms. The molecule has 0 heterocycles. The molecule has 0 aromatic carbocycles. The number of rotatable bonds is 19. The summed E-state index contributed by atoms with van der Waals surface area (Å²) < 4.78 is 10.5. The van der Waals surface area contributed by atoms with Crippen molar-refractivity contribution in [1.29, 1.82) is 0 Å². The Balaban J connectivity index is 3.63. The lowest BCUT2D eigenvalue weighted by molar-refractivity contribution is -0.148. The molecule has 0 aliphatic heterocycles. The summed E-state index contributed by atoms with van der Waals surface area (Å²) in [5.41, 5.74) is 0. The van der Waals surface area contributed by atoms with Crippen molar-refractivity contribution in [3.05, 3.63) is 0 Å². The number of hydrogen-bond acceptors (Lipinski definition) is 4. The number of ether oxygens (including phenoxy) is 2. The molecule has 0 radical (unpaired) electrons. The molecule has 5 heteroatoms. The first-order chi connectivity index (χ1) is 14.0. The Morgan fingerprint density at radius 2 is 1.03 bits per heavy atom. The molecule has 1 atom stereocenters. The van der Waals surface area contributed by atoms with Gasteiger partial charge in [0.2, 0.25) is 0 Å². The lowest BCUT2D eigenvalue weighted by atomic mass is 10.1. The molecule has 0 saturated carbocycles. The molecule has 0 aliphatic carbocycles. The summed E-state index contributed by atoms with van der Waals surface area (Å²) in [7, 11) is 1.59. The van der Waals surface area contributed by atoms with Crippen LogP contribution in [0.3, 0.4) is 0 Å². The summed E-state index contributed by atoms with van der Waals surface area (Å²) in [5, 5.41) is 0. The summed E-state index contributed by atoms with van der Waals surface area (Å²) in [4.78, 5) is 25.4. The maximum Gasteiger partial charge on any atom is 0.410 e. The smallest absolute Gasteiger partial charge is 0.410 e. The Hall–Kier alpha value is -1.26. The van der Waals surface area contributed by atoms with Crippen molar-refractivity contribution < 1.29 is 19.1 Å². The van der Waals surface area contributed by atoms with E-state index in [1.54, 1.807) is 14.0 Å². The van der Waals surface area contributed by atoms with E-state index in [9.17, 15) is 9.59 Å².